The van der Waals surface area contributed by atoms with E-state index in [0.717, 1.165) is 22.4 Å². The van der Waals surface area contributed by atoms with Gasteiger partial charge in [-0.25, -0.2) is 0 Å². The van der Waals surface area contributed by atoms with Gasteiger partial charge in [0.2, 0.25) is 11.8 Å². The molecular weight excluding hydrogens is 330 g/mol. The van der Waals surface area contributed by atoms with E-state index >= 15 is 0 Å². The van der Waals surface area contributed by atoms with E-state index in [2.05, 4.69) is 10.6 Å². The molecule has 1 aromatic rings. The number of hydrogen-bond donors (Lipinski definition) is 2. The molecule has 2 amide bonds. The fourth-order valence-corrected chi connectivity index (χ4v) is 2.36. The summed E-state index contributed by atoms with van der Waals surface area (Å²) in [7, 11) is 3.23. The molecule has 0 saturated heterocycles. The SMILES string of the molecule is COCCNCC(=O)N(C)CC(=O)Nc1c(C)cc(C)cc1C.Cl. The molecule has 0 aromatic heterocycles. The summed E-state index contributed by atoms with van der Waals surface area (Å²) in [6.45, 7) is 7.31. The van der Waals surface area contributed by atoms with Crippen molar-refractivity contribution in [1.29, 1.82) is 0 Å². The Balaban J connectivity index is 0.00000529. The van der Waals surface area contributed by atoms with Gasteiger partial charge in [-0.2, -0.15) is 0 Å². The van der Waals surface area contributed by atoms with Crippen molar-refractivity contribution < 1.29 is 14.3 Å². The van der Waals surface area contributed by atoms with E-state index in [-0.39, 0.29) is 37.3 Å². The number of rotatable bonds is 8. The molecule has 0 spiro atoms. The molecule has 0 heterocycles. The van der Waals surface area contributed by atoms with Crippen LogP contribution in [-0.4, -0.2) is 57.1 Å². The second-order valence-electron chi connectivity index (χ2n) is 5.74. The molecule has 0 aliphatic heterocycles. The highest BCUT2D eigenvalue weighted by atomic mass is 35.5. The minimum absolute atomic E-state index is 0. The van der Waals surface area contributed by atoms with Gasteiger partial charge in [0.15, 0.2) is 0 Å². The first kappa shape index (κ1) is 22.4. The predicted molar refractivity (Wildman–Crippen MR) is 98.9 cm³/mol. The Kier molecular flexibility index (Phi) is 10.3. The Hall–Kier alpha value is -1.63. The van der Waals surface area contributed by atoms with E-state index in [1.54, 1.807) is 14.2 Å². The minimum Gasteiger partial charge on any atom is -0.383 e. The largest absolute Gasteiger partial charge is 0.383 e. The molecule has 0 atom stereocenters. The minimum atomic E-state index is -0.201. The fourth-order valence-electron chi connectivity index (χ4n) is 2.36. The van der Waals surface area contributed by atoms with Gasteiger partial charge in [-0.05, 0) is 31.9 Å². The highest BCUT2D eigenvalue weighted by Crippen LogP contribution is 2.21. The van der Waals surface area contributed by atoms with Crippen LogP contribution in [0.4, 0.5) is 5.69 Å². The maximum absolute atomic E-state index is 12.1. The molecule has 24 heavy (non-hydrogen) atoms. The fraction of sp³-hybridized carbons (Fsp3) is 0.529. The smallest absolute Gasteiger partial charge is 0.243 e. The molecule has 1 rings (SSSR count). The lowest BCUT2D eigenvalue weighted by molar-refractivity contribution is -0.132. The quantitative estimate of drug-likeness (QED) is 0.694. The molecule has 0 aliphatic rings. The Morgan fingerprint density at radius 1 is 1.17 bits per heavy atom. The van der Waals surface area contributed by atoms with Crippen LogP contribution in [-0.2, 0) is 14.3 Å². The average molecular weight is 358 g/mol. The highest BCUT2D eigenvalue weighted by molar-refractivity contribution is 5.95. The molecule has 2 N–H and O–H groups in total. The number of carbonyl (C=O) groups excluding carboxylic acids is 2. The third-order valence-corrected chi connectivity index (χ3v) is 3.51. The molecule has 7 heteroatoms. The molecule has 0 unspecified atom stereocenters. The van der Waals surface area contributed by atoms with Crippen LogP contribution in [0.3, 0.4) is 0 Å². The second-order valence-corrected chi connectivity index (χ2v) is 5.74. The lowest BCUT2D eigenvalue weighted by Gasteiger charge is -2.18. The number of benzene rings is 1. The Labute approximate surface area is 150 Å². The maximum atomic E-state index is 12.1. The standard InChI is InChI=1S/C17H27N3O3.ClH/c1-12-8-13(2)17(14(3)9-12)19-15(21)11-20(4)16(22)10-18-6-7-23-5;/h8-9,18H,6-7,10-11H2,1-5H3,(H,19,21);1H. The van der Waals surface area contributed by atoms with Crippen LogP contribution in [0.5, 0.6) is 0 Å². The number of carbonyl (C=O) groups is 2. The molecule has 0 saturated carbocycles. The molecule has 6 nitrogen and oxygen atoms in total. The van der Waals surface area contributed by atoms with Crippen molar-refractivity contribution in [3.05, 3.63) is 28.8 Å². The molecule has 0 radical (unpaired) electrons. The monoisotopic (exact) mass is 357 g/mol. The van der Waals surface area contributed by atoms with E-state index in [1.165, 1.54) is 4.90 Å². The number of anilines is 1. The first-order valence-corrected chi connectivity index (χ1v) is 7.66. The predicted octanol–water partition coefficient (Wildman–Crippen LogP) is 1.67. The third-order valence-electron chi connectivity index (χ3n) is 3.51. The molecule has 0 bridgehead atoms. The molecule has 0 aliphatic carbocycles. The number of hydrogen-bond acceptors (Lipinski definition) is 4. The van der Waals surface area contributed by atoms with E-state index in [1.807, 2.05) is 32.9 Å². The summed E-state index contributed by atoms with van der Waals surface area (Å²) in [5, 5.41) is 5.86. The molecule has 136 valence electrons. The van der Waals surface area contributed by atoms with Crippen LogP contribution >= 0.6 is 12.4 Å². The van der Waals surface area contributed by atoms with Gasteiger partial charge < -0.3 is 20.3 Å². The van der Waals surface area contributed by atoms with Gasteiger partial charge in [-0.3, -0.25) is 9.59 Å². The van der Waals surface area contributed by atoms with Crippen LogP contribution in [0, 0.1) is 20.8 Å². The number of methoxy groups -OCH3 is 1. The number of ether oxygens (including phenoxy) is 1. The lowest BCUT2D eigenvalue weighted by Crippen LogP contribution is -2.40. The zero-order valence-corrected chi connectivity index (χ0v) is 15.9. The number of halogens is 1. The van der Waals surface area contributed by atoms with Gasteiger partial charge in [-0.15, -0.1) is 12.4 Å². The van der Waals surface area contributed by atoms with Crippen LogP contribution in [0.1, 0.15) is 16.7 Å². The van der Waals surface area contributed by atoms with Gasteiger partial charge >= 0.3 is 0 Å². The van der Waals surface area contributed by atoms with Crippen LogP contribution in [0.2, 0.25) is 0 Å². The van der Waals surface area contributed by atoms with Crippen molar-refractivity contribution in [2.45, 2.75) is 20.8 Å². The van der Waals surface area contributed by atoms with Gasteiger partial charge in [0.1, 0.15) is 0 Å². The summed E-state index contributed by atoms with van der Waals surface area (Å²) < 4.78 is 4.89. The number of aryl methyl sites for hydroxylation is 3. The molecule has 1 aromatic carbocycles. The van der Waals surface area contributed by atoms with E-state index in [4.69, 9.17) is 4.74 Å². The number of nitrogens with zero attached hydrogens (tertiary/aromatic N) is 1. The van der Waals surface area contributed by atoms with Crippen molar-refractivity contribution in [1.82, 2.24) is 10.2 Å². The first-order valence-electron chi connectivity index (χ1n) is 7.66. The van der Waals surface area contributed by atoms with Gasteiger partial charge in [0.25, 0.3) is 0 Å². The van der Waals surface area contributed by atoms with Crippen molar-refractivity contribution in [3.63, 3.8) is 0 Å². The Morgan fingerprint density at radius 2 is 1.75 bits per heavy atom. The summed E-state index contributed by atoms with van der Waals surface area (Å²) in [4.78, 5) is 25.5. The van der Waals surface area contributed by atoms with Gasteiger partial charge in [0, 0.05) is 26.4 Å². The van der Waals surface area contributed by atoms with Crippen LogP contribution < -0.4 is 10.6 Å². The normalized spacial score (nSPS) is 10.0. The average Bonchev–Trinajstić information content (AvgIpc) is 2.47. The van der Waals surface area contributed by atoms with E-state index in [9.17, 15) is 9.59 Å². The van der Waals surface area contributed by atoms with E-state index in [0.29, 0.717) is 13.2 Å². The number of amides is 2. The zero-order valence-electron chi connectivity index (χ0n) is 15.1. The first-order chi connectivity index (χ1) is 10.8. The third kappa shape index (κ3) is 7.29. The summed E-state index contributed by atoms with van der Waals surface area (Å²) in [5.74, 6) is -0.332. The van der Waals surface area contributed by atoms with Crippen LogP contribution in [0.15, 0.2) is 12.1 Å². The maximum Gasteiger partial charge on any atom is 0.243 e. The Morgan fingerprint density at radius 3 is 2.29 bits per heavy atom. The second kappa shape index (κ2) is 11.0. The molecule has 0 fully saturated rings. The van der Waals surface area contributed by atoms with Gasteiger partial charge in [-0.1, -0.05) is 17.7 Å². The lowest BCUT2D eigenvalue weighted by atomic mass is 10.1. The summed E-state index contributed by atoms with van der Waals surface area (Å²) in [6.07, 6.45) is 0. The summed E-state index contributed by atoms with van der Waals surface area (Å²) in [5.41, 5.74) is 4.02. The van der Waals surface area contributed by atoms with Gasteiger partial charge in [0.05, 0.1) is 19.7 Å². The Bertz CT molecular complexity index is 541. The summed E-state index contributed by atoms with van der Waals surface area (Å²) in [6, 6.07) is 4.05. The van der Waals surface area contributed by atoms with Crippen molar-refractivity contribution in [2.24, 2.45) is 0 Å². The van der Waals surface area contributed by atoms with Crippen LogP contribution in [0.25, 0.3) is 0 Å². The number of nitrogens with one attached hydrogen (secondary N) is 2. The zero-order chi connectivity index (χ0) is 17.4. The topological polar surface area (TPSA) is 70.7 Å². The van der Waals surface area contributed by atoms with Crippen molar-refractivity contribution >= 4 is 29.9 Å². The number of likely N-dealkylation sites (N-methyl/N-ethyl adjacent to an activating group) is 1. The summed E-state index contributed by atoms with van der Waals surface area (Å²) >= 11 is 0. The van der Waals surface area contributed by atoms with E-state index < -0.39 is 0 Å². The highest BCUT2D eigenvalue weighted by Gasteiger charge is 2.14. The van der Waals surface area contributed by atoms with Crippen molar-refractivity contribution in [2.75, 3.05) is 45.7 Å². The van der Waals surface area contributed by atoms with Crippen molar-refractivity contribution in [3.8, 4) is 0 Å². The molecular formula is C17H28ClN3O3.